The molecule has 0 N–H and O–H groups in total. The summed E-state index contributed by atoms with van der Waals surface area (Å²) >= 11 is 0. The molecule has 0 unspecified atom stereocenters. The molecule has 0 rings (SSSR count). The van der Waals surface area contributed by atoms with Crippen LogP contribution in [0.3, 0.4) is 0 Å². The van der Waals surface area contributed by atoms with Gasteiger partial charge in [-0.15, -0.1) is 0 Å². The molecule has 0 aliphatic heterocycles. The van der Waals surface area contributed by atoms with E-state index in [0.717, 1.165) is 25.7 Å². The lowest BCUT2D eigenvalue weighted by molar-refractivity contribution is -0.117. The van der Waals surface area contributed by atoms with Crippen LogP contribution in [0.1, 0.15) is 39.0 Å². The van der Waals surface area contributed by atoms with Gasteiger partial charge < -0.3 is 4.79 Å². The summed E-state index contributed by atoms with van der Waals surface area (Å²) in [5, 5.41) is 9.96. The molecule has 0 aromatic carbocycles. The van der Waals surface area contributed by atoms with Gasteiger partial charge in [0.05, 0.1) is 6.61 Å². The van der Waals surface area contributed by atoms with Crippen molar-refractivity contribution < 1.29 is 9.90 Å². The van der Waals surface area contributed by atoms with Crippen LogP contribution in [0.15, 0.2) is 0 Å². The molecule has 59 valence electrons. The second kappa shape index (κ2) is 6.75. The van der Waals surface area contributed by atoms with E-state index in [1.807, 2.05) is 0 Å². The molecule has 1 radical (unpaired) electrons. The highest BCUT2D eigenvalue weighted by molar-refractivity contribution is 5.75. The number of rotatable bonds is 6. The predicted molar refractivity (Wildman–Crippen MR) is 39.3 cm³/mol. The lowest BCUT2D eigenvalue weighted by Gasteiger charge is -1.94. The lowest BCUT2D eigenvalue weighted by atomic mass is 10.1. The van der Waals surface area contributed by atoms with Crippen LogP contribution in [0.2, 0.25) is 0 Å². The fraction of sp³-hybridized carbons (Fsp3) is 0.875. The second-order valence-electron chi connectivity index (χ2n) is 2.57. The van der Waals surface area contributed by atoms with Gasteiger partial charge in [-0.2, -0.15) is 0 Å². The maximum absolute atomic E-state index is 10.4. The fourth-order valence-electron chi connectivity index (χ4n) is 0.830. The summed E-state index contributed by atoms with van der Waals surface area (Å²) in [4.78, 5) is 10.4. The Balaban J connectivity index is 2.84. The zero-order valence-electron chi connectivity index (χ0n) is 6.56. The average molecular weight is 143 g/mol. The van der Waals surface area contributed by atoms with Gasteiger partial charge in [0.15, 0.2) is 0 Å². The maximum atomic E-state index is 10.4. The van der Waals surface area contributed by atoms with Crippen molar-refractivity contribution in [2.45, 2.75) is 39.0 Å². The molecule has 0 heterocycles. The first kappa shape index (κ1) is 9.63. The fourth-order valence-corrected chi connectivity index (χ4v) is 0.830. The topological polar surface area (TPSA) is 37.0 Å². The number of hydrogen-bond donors (Lipinski definition) is 0. The summed E-state index contributed by atoms with van der Waals surface area (Å²) in [7, 11) is 0. The minimum Gasteiger partial charge on any atom is -0.300 e. The third-order valence-electron chi connectivity index (χ3n) is 1.42. The van der Waals surface area contributed by atoms with Gasteiger partial charge in [-0.1, -0.05) is 12.8 Å². The van der Waals surface area contributed by atoms with E-state index in [0.29, 0.717) is 6.42 Å². The number of carbonyl (C=O) groups is 1. The van der Waals surface area contributed by atoms with Crippen LogP contribution in [-0.4, -0.2) is 12.4 Å². The van der Waals surface area contributed by atoms with E-state index in [9.17, 15) is 9.90 Å². The zero-order valence-corrected chi connectivity index (χ0v) is 6.56. The van der Waals surface area contributed by atoms with Gasteiger partial charge in [0.2, 0.25) is 0 Å². The van der Waals surface area contributed by atoms with Gasteiger partial charge in [-0.05, 0) is 19.8 Å². The summed E-state index contributed by atoms with van der Waals surface area (Å²) in [6.07, 6.45) is 4.41. The summed E-state index contributed by atoms with van der Waals surface area (Å²) in [6, 6.07) is 0. The Hall–Kier alpha value is -0.370. The standard InChI is InChI=1S/C8H15O2/c1-8(10)6-4-2-3-5-7-9/h2-7H2,1H3. The summed E-state index contributed by atoms with van der Waals surface area (Å²) < 4.78 is 0. The molecule has 0 saturated carbocycles. The minimum absolute atomic E-state index is 0.0278. The molecule has 0 spiro atoms. The first-order valence-corrected chi connectivity index (χ1v) is 3.85. The number of hydrogen-bond acceptors (Lipinski definition) is 1. The SMILES string of the molecule is CC(=O)CCCCCC[O]. The Morgan fingerprint density at radius 3 is 2.20 bits per heavy atom. The van der Waals surface area contributed by atoms with Gasteiger partial charge in [-0.3, -0.25) is 0 Å². The number of ketones is 1. The van der Waals surface area contributed by atoms with Gasteiger partial charge in [0.1, 0.15) is 5.78 Å². The lowest BCUT2D eigenvalue weighted by Crippen LogP contribution is -1.89. The van der Waals surface area contributed by atoms with Gasteiger partial charge >= 0.3 is 0 Å². The highest BCUT2D eigenvalue weighted by Gasteiger charge is 1.92. The van der Waals surface area contributed by atoms with Crippen molar-refractivity contribution in [2.75, 3.05) is 6.61 Å². The Morgan fingerprint density at radius 1 is 1.10 bits per heavy atom. The maximum Gasteiger partial charge on any atom is 0.129 e. The van der Waals surface area contributed by atoms with Gasteiger partial charge in [0, 0.05) is 6.42 Å². The van der Waals surface area contributed by atoms with Crippen molar-refractivity contribution >= 4 is 5.78 Å². The number of unbranched alkanes of at least 4 members (excludes halogenated alkanes) is 3. The quantitative estimate of drug-likeness (QED) is 0.523. The molecule has 10 heavy (non-hydrogen) atoms. The summed E-state index contributed by atoms with van der Waals surface area (Å²) in [5.41, 5.74) is 0. The van der Waals surface area contributed by atoms with E-state index in [-0.39, 0.29) is 12.4 Å². The zero-order chi connectivity index (χ0) is 7.82. The molecule has 0 bridgehead atoms. The molecule has 0 fully saturated rings. The average Bonchev–Trinajstić information content (AvgIpc) is 1.87. The molecule has 0 aliphatic rings. The van der Waals surface area contributed by atoms with Crippen molar-refractivity contribution in [3.8, 4) is 0 Å². The van der Waals surface area contributed by atoms with E-state index in [2.05, 4.69) is 0 Å². The molecule has 0 aliphatic carbocycles. The van der Waals surface area contributed by atoms with Crippen LogP contribution < -0.4 is 0 Å². The molecule has 0 amide bonds. The molecule has 2 nitrogen and oxygen atoms in total. The van der Waals surface area contributed by atoms with Crippen molar-refractivity contribution in [2.24, 2.45) is 0 Å². The van der Waals surface area contributed by atoms with Crippen molar-refractivity contribution in [3.63, 3.8) is 0 Å². The largest absolute Gasteiger partial charge is 0.300 e. The first-order chi connectivity index (χ1) is 4.77. The molecular weight excluding hydrogens is 128 g/mol. The van der Waals surface area contributed by atoms with Gasteiger partial charge in [0.25, 0.3) is 0 Å². The van der Waals surface area contributed by atoms with Crippen LogP contribution in [-0.2, 0) is 9.90 Å². The first-order valence-electron chi connectivity index (χ1n) is 3.85. The predicted octanol–water partition coefficient (Wildman–Crippen LogP) is 1.96. The number of Topliss-reactive ketones (excluding diaryl/α,β-unsaturated/α-hetero) is 1. The summed E-state index contributed by atoms with van der Waals surface area (Å²) in [5.74, 6) is 0.252. The van der Waals surface area contributed by atoms with Crippen molar-refractivity contribution in [3.05, 3.63) is 0 Å². The Morgan fingerprint density at radius 2 is 1.70 bits per heavy atom. The van der Waals surface area contributed by atoms with E-state index in [4.69, 9.17) is 0 Å². The number of carbonyl (C=O) groups excluding carboxylic acids is 1. The Bertz CT molecular complexity index is 89.3. The van der Waals surface area contributed by atoms with Crippen LogP contribution in [0.4, 0.5) is 0 Å². The van der Waals surface area contributed by atoms with Crippen LogP contribution >= 0.6 is 0 Å². The second-order valence-corrected chi connectivity index (χ2v) is 2.57. The van der Waals surface area contributed by atoms with Crippen molar-refractivity contribution in [1.82, 2.24) is 0 Å². The van der Waals surface area contributed by atoms with Gasteiger partial charge in [-0.25, -0.2) is 5.11 Å². The third-order valence-corrected chi connectivity index (χ3v) is 1.42. The highest BCUT2D eigenvalue weighted by atomic mass is 16.2. The monoisotopic (exact) mass is 143 g/mol. The van der Waals surface area contributed by atoms with E-state index < -0.39 is 0 Å². The molecule has 2 heteroatoms. The molecule has 0 aromatic heterocycles. The third kappa shape index (κ3) is 7.63. The normalized spacial score (nSPS) is 9.80. The van der Waals surface area contributed by atoms with Crippen LogP contribution in [0.25, 0.3) is 0 Å². The molecule has 0 aromatic rings. The van der Waals surface area contributed by atoms with Crippen LogP contribution in [0, 0.1) is 0 Å². The van der Waals surface area contributed by atoms with Crippen LogP contribution in [0.5, 0.6) is 0 Å². The summed E-state index contributed by atoms with van der Waals surface area (Å²) in [6.45, 7) is 1.63. The Kier molecular flexibility index (Phi) is 6.50. The smallest absolute Gasteiger partial charge is 0.129 e. The molecule has 0 saturated heterocycles. The van der Waals surface area contributed by atoms with E-state index in [1.54, 1.807) is 6.92 Å². The van der Waals surface area contributed by atoms with Crippen molar-refractivity contribution in [1.29, 1.82) is 0 Å². The minimum atomic E-state index is 0.0278. The Labute approximate surface area is 62.2 Å². The van der Waals surface area contributed by atoms with E-state index >= 15 is 0 Å². The van der Waals surface area contributed by atoms with E-state index in [1.165, 1.54) is 0 Å². The highest BCUT2D eigenvalue weighted by Crippen LogP contribution is 2.02. The molecule has 0 atom stereocenters. The molecular formula is C8H15O2.